The van der Waals surface area contributed by atoms with Gasteiger partial charge in [-0.05, 0) is 41.6 Å². The highest BCUT2D eigenvalue weighted by molar-refractivity contribution is 5.85. The van der Waals surface area contributed by atoms with Gasteiger partial charge in [0.15, 0.2) is 5.82 Å². The van der Waals surface area contributed by atoms with Crippen molar-refractivity contribution in [1.29, 1.82) is 0 Å². The van der Waals surface area contributed by atoms with E-state index in [1.165, 1.54) is 16.8 Å². The Hall–Kier alpha value is -1.71. The van der Waals surface area contributed by atoms with Gasteiger partial charge in [-0.15, -0.1) is 17.5 Å². The summed E-state index contributed by atoms with van der Waals surface area (Å²) >= 11 is 0. The summed E-state index contributed by atoms with van der Waals surface area (Å²) < 4.78 is 39.4. The molecule has 1 atom stereocenters. The van der Waals surface area contributed by atoms with Crippen molar-refractivity contribution in [3.63, 3.8) is 0 Å². The maximum Gasteiger partial charge on any atom is 0.416 e. The fourth-order valence-corrected chi connectivity index (χ4v) is 2.60. The zero-order valence-electron chi connectivity index (χ0n) is 13.0. The maximum atomic E-state index is 12.6. The van der Waals surface area contributed by atoms with E-state index in [1.807, 2.05) is 0 Å². The number of piperazine rings is 1. The van der Waals surface area contributed by atoms with Gasteiger partial charge in [0.05, 0.1) is 17.8 Å². The van der Waals surface area contributed by atoms with Crippen molar-refractivity contribution in [2.45, 2.75) is 25.7 Å². The van der Waals surface area contributed by atoms with Crippen LogP contribution < -0.4 is 5.32 Å². The Bertz CT molecular complexity index is 657. The van der Waals surface area contributed by atoms with E-state index in [9.17, 15) is 13.2 Å². The minimum absolute atomic E-state index is 0. The summed E-state index contributed by atoms with van der Waals surface area (Å²) in [4.78, 5) is 2.24. The number of nitrogens with zero attached hydrogens (tertiary/aromatic N) is 5. The van der Waals surface area contributed by atoms with Gasteiger partial charge in [0, 0.05) is 25.7 Å². The SMILES string of the molecule is C[C@@H]1CNCCN1Cc1nnnn1-c1ccc(C(F)(F)F)cc1.Cl. The molecule has 0 amide bonds. The predicted octanol–water partition coefficient (Wildman–Crippen LogP) is 1.90. The van der Waals surface area contributed by atoms with E-state index in [1.54, 1.807) is 0 Å². The molecule has 132 valence electrons. The molecule has 1 aromatic heterocycles. The van der Waals surface area contributed by atoms with Crippen molar-refractivity contribution in [3.05, 3.63) is 35.7 Å². The molecule has 0 bridgehead atoms. The third-order valence-electron chi connectivity index (χ3n) is 3.96. The molecular weight excluding hydrogens is 345 g/mol. The fraction of sp³-hybridized carbons (Fsp3) is 0.500. The number of nitrogens with one attached hydrogen (secondary N) is 1. The van der Waals surface area contributed by atoms with Gasteiger partial charge in [0.1, 0.15) is 0 Å². The molecule has 10 heteroatoms. The molecule has 0 saturated carbocycles. The molecule has 0 spiro atoms. The number of benzene rings is 1. The van der Waals surface area contributed by atoms with Crippen molar-refractivity contribution in [3.8, 4) is 5.69 Å². The highest BCUT2D eigenvalue weighted by Crippen LogP contribution is 2.29. The van der Waals surface area contributed by atoms with Gasteiger partial charge in [0.25, 0.3) is 0 Å². The lowest BCUT2D eigenvalue weighted by molar-refractivity contribution is -0.137. The molecule has 1 N–H and O–H groups in total. The molecule has 1 saturated heterocycles. The first-order valence-corrected chi connectivity index (χ1v) is 7.35. The second-order valence-electron chi connectivity index (χ2n) is 5.58. The summed E-state index contributed by atoms with van der Waals surface area (Å²) in [5.74, 6) is 0.610. The third kappa shape index (κ3) is 4.03. The zero-order valence-corrected chi connectivity index (χ0v) is 13.8. The minimum Gasteiger partial charge on any atom is -0.314 e. The van der Waals surface area contributed by atoms with E-state index in [-0.39, 0.29) is 12.4 Å². The smallest absolute Gasteiger partial charge is 0.314 e. The molecule has 0 aliphatic carbocycles. The van der Waals surface area contributed by atoms with Crippen LogP contribution in [0.5, 0.6) is 0 Å². The molecule has 2 heterocycles. The summed E-state index contributed by atoms with van der Waals surface area (Å²) in [6, 6.07) is 5.18. The van der Waals surface area contributed by atoms with Gasteiger partial charge in [-0.25, -0.2) is 0 Å². The predicted molar refractivity (Wildman–Crippen MR) is 84.1 cm³/mol. The first-order valence-electron chi connectivity index (χ1n) is 7.35. The monoisotopic (exact) mass is 362 g/mol. The summed E-state index contributed by atoms with van der Waals surface area (Å²) in [7, 11) is 0. The third-order valence-corrected chi connectivity index (χ3v) is 3.96. The lowest BCUT2D eigenvalue weighted by atomic mass is 10.2. The molecule has 0 radical (unpaired) electrons. The van der Waals surface area contributed by atoms with E-state index in [4.69, 9.17) is 0 Å². The first-order chi connectivity index (χ1) is 10.9. The second kappa shape index (κ2) is 7.45. The molecular formula is C14H18ClF3N6. The van der Waals surface area contributed by atoms with Crippen LogP contribution in [0.4, 0.5) is 13.2 Å². The number of halogens is 4. The van der Waals surface area contributed by atoms with Crippen molar-refractivity contribution < 1.29 is 13.2 Å². The van der Waals surface area contributed by atoms with Crippen LogP contribution >= 0.6 is 12.4 Å². The number of tetrazole rings is 1. The number of aromatic nitrogens is 4. The number of hydrogen-bond donors (Lipinski definition) is 1. The van der Waals surface area contributed by atoms with E-state index in [0.717, 1.165) is 31.8 Å². The first kappa shape index (κ1) is 18.6. The van der Waals surface area contributed by atoms with Crippen molar-refractivity contribution in [2.75, 3.05) is 19.6 Å². The fourth-order valence-electron chi connectivity index (χ4n) is 2.60. The summed E-state index contributed by atoms with van der Waals surface area (Å²) in [6.45, 7) is 5.32. The molecule has 24 heavy (non-hydrogen) atoms. The van der Waals surface area contributed by atoms with Crippen molar-refractivity contribution in [1.82, 2.24) is 30.4 Å². The Balaban J connectivity index is 0.00000208. The van der Waals surface area contributed by atoms with Gasteiger partial charge >= 0.3 is 6.18 Å². The van der Waals surface area contributed by atoms with Crippen LogP contribution in [0, 0.1) is 0 Å². The number of alkyl halides is 3. The largest absolute Gasteiger partial charge is 0.416 e. The van der Waals surface area contributed by atoms with Crippen molar-refractivity contribution >= 4 is 12.4 Å². The summed E-state index contributed by atoms with van der Waals surface area (Å²) in [5.41, 5.74) is -0.174. The summed E-state index contributed by atoms with van der Waals surface area (Å²) in [6.07, 6.45) is -4.35. The number of hydrogen-bond acceptors (Lipinski definition) is 5. The van der Waals surface area contributed by atoms with Crippen molar-refractivity contribution in [2.24, 2.45) is 0 Å². The Labute approximate surface area is 143 Å². The van der Waals surface area contributed by atoms with Crippen LogP contribution in [0.1, 0.15) is 18.3 Å². The lowest BCUT2D eigenvalue weighted by Crippen LogP contribution is -2.49. The molecule has 3 rings (SSSR count). The van der Waals surface area contributed by atoms with Gasteiger partial charge < -0.3 is 5.32 Å². The Morgan fingerprint density at radius 2 is 1.96 bits per heavy atom. The van der Waals surface area contributed by atoms with Gasteiger partial charge in [-0.3, -0.25) is 4.90 Å². The van der Waals surface area contributed by atoms with Gasteiger partial charge in [-0.2, -0.15) is 17.9 Å². The molecule has 0 unspecified atom stereocenters. The second-order valence-corrected chi connectivity index (χ2v) is 5.58. The van der Waals surface area contributed by atoms with Crippen LogP contribution in [0.2, 0.25) is 0 Å². The highest BCUT2D eigenvalue weighted by Gasteiger charge is 2.30. The Morgan fingerprint density at radius 3 is 2.58 bits per heavy atom. The van der Waals surface area contributed by atoms with Gasteiger partial charge in [0.2, 0.25) is 0 Å². The molecule has 1 aliphatic rings. The van der Waals surface area contributed by atoms with Crippen LogP contribution in [0.25, 0.3) is 5.69 Å². The quantitative estimate of drug-likeness (QED) is 0.903. The van der Waals surface area contributed by atoms with Gasteiger partial charge in [-0.1, -0.05) is 0 Å². The van der Waals surface area contributed by atoms with Crippen LogP contribution in [-0.4, -0.2) is 50.8 Å². The summed E-state index contributed by atoms with van der Waals surface area (Å²) in [5, 5.41) is 14.9. The molecule has 2 aromatic rings. The zero-order chi connectivity index (χ0) is 16.4. The highest BCUT2D eigenvalue weighted by atomic mass is 35.5. The normalized spacial score (nSPS) is 19.1. The Kier molecular flexibility index (Phi) is 5.79. The van der Waals surface area contributed by atoms with E-state index in [2.05, 4.69) is 32.7 Å². The average Bonchev–Trinajstić information content (AvgIpc) is 2.97. The molecule has 1 fully saturated rings. The van der Waals surface area contributed by atoms with E-state index >= 15 is 0 Å². The van der Waals surface area contributed by atoms with Crippen LogP contribution in [0.15, 0.2) is 24.3 Å². The average molecular weight is 363 g/mol. The lowest BCUT2D eigenvalue weighted by Gasteiger charge is -2.33. The Morgan fingerprint density at radius 1 is 1.25 bits per heavy atom. The van der Waals surface area contributed by atoms with Crippen LogP contribution in [-0.2, 0) is 12.7 Å². The number of rotatable bonds is 3. The van der Waals surface area contributed by atoms with E-state index < -0.39 is 11.7 Å². The molecule has 1 aliphatic heterocycles. The maximum absolute atomic E-state index is 12.6. The topological polar surface area (TPSA) is 58.9 Å². The van der Waals surface area contributed by atoms with Crippen LogP contribution in [0.3, 0.4) is 0 Å². The van der Waals surface area contributed by atoms with E-state index in [0.29, 0.717) is 24.1 Å². The minimum atomic E-state index is -4.35. The standard InChI is InChI=1S/C14H17F3N6.ClH/c1-10-8-18-6-7-22(10)9-13-19-20-21-23(13)12-4-2-11(3-5-12)14(15,16)17;/h2-5,10,18H,6-9H2,1H3;1H/t10-;/m1./s1. The molecule has 1 aromatic carbocycles. The molecule has 6 nitrogen and oxygen atoms in total.